The molecule has 8 nitrogen and oxygen atoms in total. The number of carbonyl (C=O) groups is 2. The van der Waals surface area contributed by atoms with Crippen LogP contribution in [-0.4, -0.2) is 58.1 Å². The average Bonchev–Trinajstić information content (AvgIpc) is 3.50. The van der Waals surface area contributed by atoms with Gasteiger partial charge >= 0.3 is 5.97 Å². The van der Waals surface area contributed by atoms with Crippen molar-refractivity contribution in [3.05, 3.63) is 118 Å². The van der Waals surface area contributed by atoms with Crippen molar-refractivity contribution in [1.29, 1.82) is 0 Å². The average molecular weight is 599 g/mol. The van der Waals surface area contributed by atoms with Crippen molar-refractivity contribution in [3.8, 4) is 5.75 Å². The van der Waals surface area contributed by atoms with E-state index in [1.54, 1.807) is 6.20 Å². The van der Waals surface area contributed by atoms with Gasteiger partial charge in [0, 0.05) is 17.8 Å². The standard InChI is InChI=1S/C34H35ClN4O4/c1-24-8-5-6-9-25(24)15-18-30-29(33(42)38(23-32(40)41)20-21-43-28-10-3-2-4-11-28)22-36-34(37-30)39-19-7-12-31(39)26-13-16-27(35)17-14-26/h2-6,8-11,13-14,16-17,22,31H,7,12,15,18-21,23H2,1H3,(H,40,41)/t31-/m1/s1. The fourth-order valence-corrected chi connectivity index (χ4v) is 5.60. The zero-order valence-corrected chi connectivity index (χ0v) is 24.9. The van der Waals surface area contributed by atoms with Crippen molar-refractivity contribution in [2.75, 3.05) is 31.1 Å². The lowest BCUT2D eigenvalue weighted by molar-refractivity contribution is -0.137. The number of carboxylic acid groups (broad SMARTS) is 1. The molecule has 1 atom stereocenters. The van der Waals surface area contributed by atoms with Crippen LogP contribution in [0, 0.1) is 6.92 Å². The Morgan fingerprint density at radius 3 is 2.51 bits per heavy atom. The number of aryl methyl sites for hydroxylation is 3. The van der Waals surface area contributed by atoms with Crippen molar-refractivity contribution >= 4 is 29.4 Å². The van der Waals surface area contributed by atoms with Gasteiger partial charge in [0.15, 0.2) is 0 Å². The molecule has 222 valence electrons. The fourth-order valence-electron chi connectivity index (χ4n) is 5.47. The van der Waals surface area contributed by atoms with Crippen LogP contribution in [-0.2, 0) is 17.6 Å². The van der Waals surface area contributed by atoms with Gasteiger partial charge in [-0.3, -0.25) is 9.59 Å². The molecule has 1 fully saturated rings. The first-order chi connectivity index (χ1) is 20.9. The zero-order chi connectivity index (χ0) is 30.2. The Morgan fingerprint density at radius 1 is 1.02 bits per heavy atom. The minimum atomic E-state index is -1.10. The molecule has 0 saturated carbocycles. The Labute approximate surface area is 256 Å². The highest BCUT2D eigenvalue weighted by Crippen LogP contribution is 2.35. The number of aromatic nitrogens is 2. The van der Waals surface area contributed by atoms with E-state index in [9.17, 15) is 14.7 Å². The Balaban J connectivity index is 1.43. The lowest BCUT2D eigenvalue weighted by Crippen LogP contribution is -2.39. The first-order valence-electron chi connectivity index (χ1n) is 14.5. The van der Waals surface area contributed by atoms with Gasteiger partial charge in [0.2, 0.25) is 5.95 Å². The molecule has 0 spiro atoms. The van der Waals surface area contributed by atoms with E-state index < -0.39 is 18.4 Å². The molecule has 5 rings (SSSR count). The number of anilines is 1. The van der Waals surface area contributed by atoms with Crippen molar-refractivity contribution < 1.29 is 19.4 Å². The predicted octanol–water partition coefficient (Wildman–Crippen LogP) is 6.17. The van der Waals surface area contributed by atoms with Gasteiger partial charge in [-0.15, -0.1) is 0 Å². The van der Waals surface area contributed by atoms with E-state index in [0.717, 1.165) is 30.5 Å². The van der Waals surface area contributed by atoms with Crippen LogP contribution in [0.15, 0.2) is 85.1 Å². The number of hydrogen-bond donors (Lipinski definition) is 1. The normalized spacial score (nSPS) is 14.5. The maximum absolute atomic E-state index is 13.9. The Bertz CT molecular complexity index is 1550. The number of carbonyl (C=O) groups excluding carboxylic acids is 1. The molecule has 0 unspecified atom stereocenters. The zero-order valence-electron chi connectivity index (χ0n) is 24.2. The lowest BCUT2D eigenvalue weighted by Gasteiger charge is -2.27. The maximum atomic E-state index is 13.9. The molecule has 9 heteroatoms. The highest BCUT2D eigenvalue weighted by molar-refractivity contribution is 6.30. The molecule has 0 aliphatic carbocycles. The summed E-state index contributed by atoms with van der Waals surface area (Å²) in [5, 5.41) is 10.3. The molecule has 1 amide bonds. The fraction of sp³-hybridized carbons (Fsp3) is 0.294. The molecular formula is C34H35ClN4O4. The molecule has 1 aromatic heterocycles. The number of hydrogen-bond acceptors (Lipinski definition) is 6. The monoisotopic (exact) mass is 598 g/mol. The summed E-state index contributed by atoms with van der Waals surface area (Å²) >= 11 is 6.14. The van der Waals surface area contributed by atoms with E-state index in [2.05, 4.69) is 28.9 Å². The number of nitrogens with zero attached hydrogens (tertiary/aromatic N) is 4. The summed E-state index contributed by atoms with van der Waals surface area (Å²) in [6, 6.07) is 25.3. The van der Waals surface area contributed by atoms with Crippen LogP contribution in [0.1, 0.15) is 51.6 Å². The third kappa shape index (κ3) is 7.70. The van der Waals surface area contributed by atoms with E-state index in [1.165, 1.54) is 10.5 Å². The molecule has 4 aromatic rings. The number of aliphatic carboxylic acids is 1. The van der Waals surface area contributed by atoms with Gasteiger partial charge in [-0.1, -0.05) is 66.2 Å². The van der Waals surface area contributed by atoms with Crippen LogP contribution >= 0.6 is 11.6 Å². The number of benzene rings is 3. The van der Waals surface area contributed by atoms with Gasteiger partial charge < -0.3 is 19.6 Å². The molecule has 1 N–H and O–H groups in total. The number of ether oxygens (including phenoxy) is 1. The highest BCUT2D eigenvalue weighted by atomic mass is 35.5. The molecule has 1 saturated heterocycles. The highest BCUT2D eigenvalue weighted by Gasteiger charge is 2.30. The van der Waals surface area contributed by atoms with E-state index in [1.807, 2.05) is 66.7 Å². The second kappa shape index (κ2) is 14.2. The summed E-state index contributed by atoms with van der Waals surface area (Å²) in [6.45, 7) is 2.65. The SMILES string of the molecule is Cc1ccccc1CCc1nc(N2CCC[C@@H]2c2ccc(Cl)cc2)ncc1C(=O)N(CCOc1ccccc1)CC(=O)O. The number of halogens is 1. The number of para-hydroxylation sites is 1. The molecule has 1 aliphatic rings. The van der Waals surface area contributed by atoms with Crippen LogP contribution in [0.2, 0.25) is 5.02 Å². The van der Waals surface area contributed by atoms with Gasteiger partial charge in [-0.05, 0) is 73.6 Å². The Hall–Kier alpha value is -4.43. The minimum Gasteiger partial charge on any atom is -0.492 e. The van der Waals surface area contributed by atoms with Crippen LogP contribution < -0.4 is 9.64 Å². The van der Waals surface area contributed by atoms with Crippen molar-refractivity contribution in [3.63, 3.8) is 0 Å². The number of carboxylic acids is 1. The molecular weight excluding hydrogens is 564 g/mol. The molecule has 0 bridgehead atoms. The minimum absolute atomic E-state index is 0.0988. The predicted molar refractivity (Wildman–Crippen MR) is 167 cm³/mol. The van der Waals surface area contributed by atoms with E-state index in [0.29, 0.717) is 40.8 Å². The van der Waals surface area contributed by atoms with E-state index >= 15 is 0 Å². The van der Waals surface area contributed by atoms with Crippen molar-refractivity contribution in [1.82, 2.24) is 14.9 Å². The third-order valence-electron chi connectivity index (χ3n) is 7.73. The van der Waals surface area contributed by atoms with Gasteiger partial charge in [-0.25, -0.2) is 9.97 Å². The quantitative estimate of drug-likeness (QED) is 0.208. The van der Waals surface area contributed by atoms with Gasteiger partial charge in [-0.2, -0.15) is 0 Å². The number of amides is 1. The van der Waals surface area contributed by atoms with Gasteiger partial charge in [0.1, 0.15) is 18.9 Å². The van der Waals surface area contributed by atoms with Crippen LogP contribution in [0.4, 0.5) is 5.95 Å². The first kappa shape index (κ1) is 30.0. The summed E-state index contributed by atoms with van der Waals surface area (Å²) in [4.78, 5) is 38.7. The first-order valence-corrected chi connectivity index (χ1v) is 14.9. The van der Waals surface area contributed by atoms with Crippen LogP contribution in [0.5, 0.6) is 5.75 Å². The van der Waals surface area contributed by atoms with E-state index in [-0.39, 0.29) is 19.2 Å². The Kier molecular flexibility index (Phi) is 9.89. The largest absolute Gasteiger partial charge is 0.492 e. The molecule has 43 heavy (non-hydrogen) atoms. The van der Waals surface area contributed by atoms with E-state index in [4.69, 9.17) is 21.3 Å². The molecule has 0 radical (unpaired) electrons. The summed E-state index contributed by atoms with van der Waals surface area (Å²) in [5.41, 5.74) is 4.37. The summed E-state index contributed by atoms with van der Waals surface area (Å²) in [5.74, 6) is -0.320. The molecule has 2 heterocycles. The van der Waals surface area contributed by atoms with Crippen molar-refractivity contribution in [2.45, 2.75) is 38.6 Å². The van der Waals surface area contributed by atoms with Crippen LogP contribution in [0.25, 0.3) is 0 Å². The summed E-state index contributed by atoms with van der Waals surface area (Å²) in [7, 11) is 0. The third-order valence-corrected chi connectivity index (χ3v) is 7.98. The summed E-state index contributed by atoms with van der Waals surface area (Å²) in [6.07, 6.45) is 4.69. The van der Waals surface area contributed by atoms with Crippen molar-refractivity contribution in [2.24, 2.45) is 0 Å². The lowest BCUT2D eigenvalue weighted by atomic mass is 10.0. The van der Waals surface area contributed by atoms with Gasteiger partial charge in [0.25, 0.3) is 5.91 Å². The topological polar surface area (TPSA) is 95.9 Å². The maximum Gasteiger partial charge on any atom is 0.323 e. The second-order valence-electron chi connectivity index (χ2n) is 10.6. The van der Waals surface area contributed by atoms with Gasteiger partial charge in [0.05, 0.1) is 23.8 Å². The Morgan fingerprint density at radius 2 is 1.77 bits per heavy atom. The molecule has 1 aliphatic heterocycles. The second-order valence-corrected chi connectivity index (χ2v) is 11.1. The number of rotatable bonds is 12. The van der Waals surface area contributed by atoms with Crippen LogP contribution in [0.3, 0.4) is 0 Å². The smallest absolute Gasteiger partial charge is 0.323 e. The molecule has 3 aromatic carbocycles. The summed E-state index contributed by atoms with van der Waals surface area (Å²) < 4.78 is 5.77.